The Morgan fingerprint density at radius 2 is 2.06 bits per heavy atom. The van der Waals surface area contributed by atoms with E-state index in [0.717, 1.165) is 0 Å². The lowest BCUT2D eigenvalue weighted by molar-refractivity contribution is -0.159. The van der Waals surface area contributed by atoms with E-state index >= 15 is 0 Å². The van der Waals surface area contributed by atoms with Gasteiger partial charge in [0, 0.05) is 6.42 Å². The highest BCUT2D eigenvalue weighted by Gasteiger charge is 2.30. The first kappa shape index (κ1) is 12.8. The first-order valence-corrected chi connectivity index (χ1v) is 5.35. The molecule has 1 saturated heterocycles. The summed E-state index contributed by atoms with van der Waals surface area (Å²) in [6, 6.07) is 0. The fourth-order valence-electron chi connectivity index (χ4n) is 1.49. The lowest BCUT2D eigenvalue weighted by Gasteiger charge is -2.27. The van der Waals surface area contributed by atoms with E-state index in [1.54, 1.807) is 27.7 Å². The molecule has 0 saturated carbocycles. The Kier molecular flexibility index (Phi) is 3.78. The molecule has 1 rings (SSSR count). The molecular weight excluding hydrogens is 212 g/mol. The second-order valence-electron chi connectivity index (χ2n) is 4.94. The van der Waals surface area contributed by atoms with Crippen LogP contribution in [0.25, 0.3) is 0 Å². The third-order valence-corrected chi connectivity index (χ3v) is 1.97. The molecule has 1 fully saturated rings. The summed E-state index contributed by atoms with van der Waals surface area (Å²) in [5.74, 6) is -0.362. The van der Waals surface area contributed by atoms with Gasteiger partial charge >= 0.3 is 12.1 Å². The number of cyclic esters (lactones) is 2. The monoisotopic (exact) mass is 230 g/mol. The maximum Gasteiger partial charge on any atom is 0.508 e. The van der Waals surface area contributed by atoms with Crippen molar-refractivity contribution in [1.29, 1.82) is 0 Å². The molecule has 0 aromatic heterocycles. The van der Waals surface area contributed by atoms with Gasteiger partial charge < -0.3 is 14.2 Å². The van der Waals surface area contributed by atoms with Crippen LogP contribution in [0.5, 0.6) is 0 Å². The van der Waals surface area contributed by atoms with Gasteiger partial charge in [0.1, 0.15) is 17.8 Å². The molecule has 1 aliphatic heterocycles. The molecule has 0 aliphatic carbocycles. The van der Waals surface area contributed by atoms with Gasteiger partial charge in [-0.2, -0.15) is 0 Å². The van der Waals surface area contributed by atoms with Gasteiger partial charge in [-0.1, -0.05) is 0 Å². The van der Waals surface area contributed by atoms with E-state index in [-0.39, 0.29) is 18.5 Å². The molecule has 0 aromatic carbocycles. The van der Waals surface area contributed by atoms with Gasteiger partial charge in [-0.3, -0.25) is 4.79 Å². The molecular formula is C11H18O5. The second kappa shape index (κ2) is 4.72. The Morgan fingerprint density at radius 1 is 1.44 bits per heavy atom. The zero-order valence-corrected chi connectivity index (χ0v) is 10.1. The molecule has 92 valence electrons. The normalized spacial score (nSPS) is 25.6. The predicted molar refractivity (Wildman–Crippen MR) is 55.9 cm³/mol. The van der Waals surface area contributed by atoms with Crippen molar-refractivity contribution in [3.63, 3.8) is 0 Å². The highest BCUT2D eigenvalue weighted by Crippen LogP contribution is 2.19. The lowest BCUT2D eigenvalue weighted by Crippen LogP contribution is -2.35. The van der Waals surface area contributed by atoms with Crippen molar-refractivity contribution in [3.8, 4) is 0 Å². The van der Waals surface area contributed by atoms with Gasteiger partial charge in [0.25, 0.3) is 0 Å². The summed E-state index contributed by atoms with van der Waals surface area (Å²) in [6.07, 6.45) is -0.770. The minimum atomic E-state index is -0.715. The van der Waals surface area contributed by atoms with Crippen molar-refractivity contribution in [3.05, 3.63) is 0 Å². The first-order chi connectivity index (χ1) is 7.26. The quantitative estimate of drug-likeness (QED) is 0.679. The van der Waals surface area contributed by atoms with Crippen molar-refractivity contribution in [2.45, 2.75) is 58.3 Å². The lowest BCUT2D eigenvalue weighted by atomic mass is 10.1. The van der Waals surface area contributed by atoms with Gasteiger partial charge in [0.2, 0.25) is 0 Å². The summed E-state index contributed by atoms with van der Waals surface area (Å²) in [5.41, 5.74) is -0.516. The van der Waals surface area contributed by atoms with E-state index in [4.69, 9.17) is 14.2 Å². The molecule has 0 amide bonds. The zero-order valence-electron chi connectivity index (χ0n) is 10.1. The van der Waals surface area contributed by atoms with Crippen molar-refractivity contribution in [1.82, 2.24) is 0 Å². The minimum absolute atomic E-state index is 0.0801. The molecule has 0 unspecified atom stereocenters. The van der Waals surface area contributed by atoms with Crippen LogP contribution < -0.4 is 0 Å². The van der Waals surface area contributed by atoms with E-state index in [0.29, 0.717) is 6.42 Å². The summed E-state index contributed by atoms with van der Waals surface area (Å²) < 4.78 is 14.8. The molecule has 0 spiro atoms. The number of hydrogen-bond donors (Lipinski definition) is 0. The fourth-order valence-corrected chi connectivity index (χ4v) is 1.49. The van der Waals surface area contributed by atoms with Crippen LogP contribution in [0.3, 0.4) is 0 Å². The van der Waals surface area contributed by atoms with Crippen LogP contribution in [-0.4, -0.2) is 29.9 Å². The third kappa shape index (κ3) is 4.51. The van der Waals surface area contributed by atoms with Crippen LogP contribution in [0.15, 0.2) is 0 Å². The maximum absolute atomic E-state index is 11.5. The Morgan fingerprint density at radius 3 is 2.56 bits per heavy atom. The molecule has 0 N–H and O–H groups in total. The highest BCUT2D eigenvalue weighted by atomic mass is 16.7. The first-order valence-electron chi connectivity index (χ1n) is 5.35. The summed E-state index contributed by atoms with van der Waals surface area (Å²) in [7, 11) is 0. The molecule has 5 nitrogen and oxygen atoms in total. The molecule has 0 bridgehead atoms. The van der Waals surface area contributed by atoms with Crippen molar-refractivity contribution in [2.75, 3.05) is 0 Å². The van der Waals surface area contributed by atoms with E-state index < -0.39 is 17.9 Å². The van der Waals surface area contributed by atoms with Crippen LogP contribution in [0.2, 0.25) is 0 Å². The number of carbonyl (C=O) groups is 2. The SMILES string of the molecule is C[C@H]1C[C@H](CC(=O)OC(C)(C)C)OC(=O)O1. The van der Waals surface area contributed by atoms with Crippen LogP contribution in [0.4, 0.5) is 4.79 Å². The van der Waals surface area contributed by atoms with Gasteiger partial charge in [-0.25, -0.2) is 4.79 Å². The van der Waals surface area contributed by atoms with E-state index in [1.807, 2.05) is 0 Å². The van der Waals surface area contributed by atoms with Gasteiger partial charge in [-0.05, 0) is 27.7 Å². The molecule has 1 heterocycles. The number of rotatable bonds is 2. The van der Waals surface area contributed by atoms with Gasteiger partial charge in [-0.15, -0.1) is 0 Å². The Hall–Kier alpha value is -1.26. The molecule has 1 aliphatic rings. The summed E-state index contributed by atoms with van der Waals surface area (Å²) in [6.45, 7) is 7.15. The molecule has 2 atom stereocenters. The smallest absolute Gasteiger partial charge is 0.460 e. The number of ether oxygens (including phenoxy) is 3. The molecule has 16 heavy (non-hydrogen) atoms. The number of esters is 1. The van der Waals surface area contributed by atoms with Crippen molar-refractivity contribution >= 4 is 12.1 Å². The van der Waals surface area contributed by atoms with Crippen LogP contribution in [-0.2, 0) is 19.0 Å². The summed E-state index contributed by atoms with van der Waals surface area (Å²) >= 11 is 0. The van der Waals surface area contributed by atoms with Crippen LogP contribution >= 0.6 is 0 Å². The van der Waals surface area contributed by atoms with Gasteiger partial charge in [0.15, 0.2) is 0 Å². The predicted octanol–water partition coefficient (Wildman–Crippen LogP) is 2.03. The molecule has 0 radical (unpaired) electrons. The topological polar surface area (TPSA) is 61.8 Å². The summed E-state index contributed by atoms with van der Waals surface area (Å²) in [4.78, 5) is 22.4. The van der Waals surface area contributed by atoms with E-state index in [9.17, 15) is 9.59 Å². The maximum atomic E-state index is 11.5. The third-order valence-electron chi connectivity index (χ3n) is 1.97. The molecule has 5 heteroatoms. The minimum Gasteiger partial charge on any atom is -0.460 e. The van der Waals surface area contributed by atoms with E-state index in [2.05, 4.69) is 0 Å². The number of carbonyl (C=O) groups excluding carboxylic acids is 2. The zero-order chi connectivity index (χ0) is 12.3. The average Bonchev–Trinajstić information content (AvgIpc) is 1.96. The van der Waals surface area contributed by atoms with Crippen LogP contribution in [0, 0.1) is 0 Å². The largest absolute Gasteiger partial charge is 0.508 e. The van der Waals surface area contributed by atoms with Gasteiger partial charge in [0.05, 0.1) is 6.42 Å². The Balaban J connectivity index is 2.42. The Labute approximate surface area is 95.0 Å². The molecule has 0 aromatic rings. The second-order valence-corrected chi connectivity index (χ2v) is 4.94. The fraction of sp³-hybridized carbons (Fsp3) is 0.818. The Bertz CT molecular complexity index is 279. The number of hydrogen-bond acceptors (Lipinski definition) is 5. The standard InChI is InChI=1S/C11H18O5/c1-7-5-8(15-10(13)14-7)6-9(12)16-11(2,3)4/h7-8H,5-6H2,1-4H3/t7-,8+/m0/s1. The summed E-state index contributed by atoms with van der Waals surface area (Å²) in [5, 5.41) is 0. The average molecular weight is 230 g/mol. The highest BCUT2D eigenvalue weighted by molar-refractivity contribution is 5.71. The van der Waals surface area contributed by atoms with Crippen LogP contribution in [0.1, 0.15) is 40.5 Å². The van der Waals surface area contributed by atoms with Crippen molar-refractivity contribution < 1.29 is 23.8 Å². The van der Waals surface area contributed by atoms with Crippen molar-refractivity contribution in [2.24, 2.45) is 0 Å². The van der Waals surface area contributed by atoms with E-state index in [1.165, 1.54) is 0 Å².